The number of carbonyl (C=O) groups excluding carboxylic acids is 1. The van der Waals surface area contributed by atoms with Crippen LogP contribution in [-0.2, 0) is 19.1 Å². The van der Waals surface area contributed by atoms with Gasteiger partial charge >= 0.3 is 0 Å². The van der Waals surface area contributed by atoms with Crippen LogP contribution < -0.4 is 10.6 Å². The van der Waals surface area contributed by atoms with Crippen molar-refractivity contribution in [3.63, 3.8) is 0 Å². The molecule has 2 aliphatic rings. The quantitative estimate of drug-likeness (QED) is 0.383. The molecule has 0 bridgehead atoms. The molecular formula is C29H27N7O. The molecule has 1 aliphatic carbocycles. The second-order valence-electron chi connectivity index (χ2n) is 10.5. The fourth-order valence-electron chi connectivity index (χ4n) is 4.87. The van der Waals surface area contributed by atoms with Crippen molar-refractivity contribution < 1.29 is 4.79 Å². The summed E-state index contributed by atoms with van der Waals surface area (Å²) in [6.07, 6.45) is 3.83. The molecular weight excluding hydrogens is 462 g/mol. The molecule has 0 radical (unpaired) electrons. The Bertz CT molecular complexity index is 1600. The molecule has 0 atom stereocenters. The summed E-state index contributed by atoms with van der Waals surface area (Å²) in [5.41, 5.74) is 12.5. The number of amides is 1. The molecule has 8 nitrogen and oxygen atoms in total. The molecule has 1 aliphatic heterocycles. The molecule has 8 heteroatoms. The van der Waals surface area contributed by atoms with E-state index in [2.05, 4.69) is 21.1 Å². The highest BCUT2D eigenvalue weighted by atomic mass is 16.2. The van der Waals surface area contributed by atoms with Gasteiger partial charge in [0.1, 0.15) is 12.1 Å². The number of benzene rings is 2. The molecule has 1 saturated carbocycles. The monoisotopic (exact) mass is 489 g/mol. The van der Waals surface area contributed by atoms with Crippen molar-refractivity contribution >= 4 is 17.4 Å². The van der Waals surface area contributed by atoms with Crippen molar-refractivity contribution in [2.45, 2.75) is 44.7 Å². The standard InChI is InChI=1S/C29H27N7O/c1-29(2,30)20-8-7-18-15-36(28(37)23(18)13-20)26-12-19(11-25(33-26)17-5-6-17)22-10-9-21(31-3)14-24(22)27-34-32-16-35(27)4/h7-14,16-17H,5-6,15,30H2,1-2,4H3. The van der Waals surface area contributed by atoms with Crippen molar-refractivity contribution in [2.75, 3.05) is 4.90 Å². The summed E-state index contributed by atoms with van der Waals surface area (Å²) in [5, 5.41) is 8.35. The summed E-state index contributed by atoms with van der Waals surface area (Å²) in [5.74, 6) is 1.63. The molecule has 0 unspecified atom stereocenters. The number of carbonyl (C=O) groups is 1. The van der Waals surface area contributed by atoms with Gasteiger partial charge in [-0.2, -0.15) is 0 Å². The lowest BCUT2D eigenvalue weighted by Crippen LogP contribution is -2.29. The van der Waals surface area contributed by atoms with Crippen LogP contribution in [0, 0.1) is 6.57 Å². The number of aryl methyl sites for hydroxylation is 1. The Kier molecular flexibility index (Phi) is 5.21. The average Bonchev–Trinajstić information content (AvgIpc) is 3.57. The fraction of sp³-hybridized carbons (Fsp3) is 0.276. The van der Waals surface area contributed by atoms with Crippen molar-refractivity contribution in [2.24, 2.45) is 12.8 Å². The fourth-order valence-corrected chi connectivity index (χ4v) is 4.87. The van der Waals surface area contributed by atoms with Crippen LogP contribution >= 0.6 is 0 Å². The first-order valence-electron chi connectivity index (χ1n) is 12.4. The molecule has 37 heavy (non-hydrogen) atoms. The lowest BCUT2D eigenvalue weighted by atomic mass is 9.93. The summed E-state index contributed by atoms with van der Waals surface area (Å²) < 4.78 is 1.84. The molecule has 2 aromatic heterocycles. The van der Waals surface area contributed by atoms with Gasteiger partial charge in [-0.15, -0.1) is 10.2 Å². The maximum atomic E-state index is 13.6. The van der Waals surface area contributed by atoms with Crippen LogP contribution in [0.4, 0.5) is 11.5 Å². The highest BCUT2D eigenvalue weighted by Gasteiger charge is 2.33. The van der Waals surface area contributed by atoms with Crippen LogP contribution in [0.15, 0.2) is 54.9 Å². The lowest BCUT2D eigenvalue weighted by molar-refractivity contribution is 0.0996. The highest BCUT2D eigenvalue weighted by molar-refractivity contribution is 6.10. The zero-order chi connectivity index (χ0) is 25.9. The van der Waals surface area contributed by atoms with E-state index in [9.17, 15) is 4.79 Å². The Hall–Kier alpha value is -4.35. The van der Waals surface area contributed by atoms with Gasteiger partial charge in [0, 0.05) is 35.3 Å². The Labute approximate surface area is 215 Å². The maximum absolute atomic E-state index is 13.6. The second-order valence-corrected chi connectivity index (χ2v) is 10.5. The van der Waals surface area contributed by atoms with Gasteiger partial charge in [-0.3, -0.25) is 9.69 Å². The summed E-state index contributed by atoms with van der Waals surface area (Å²) in [6, 6.07) is 15.6. The van der Waals surface area contributed by atoms with Crippen LogP contribution in [0.25, 0.3) is 27.4 Å². The number of pyridine rings is 1. The van der Waals surface area contributed by atoms with Crippen LogP contribution in [0.3, 0.4) is 0 Å². The third-order valence-electron chi connectivity index (χ3n) is 7.16. The van der Waals surface area contributed by atoms with Gasteiger partial charge in [0.25, 0.3) is 5.91 Å². The summed E-state index contributed by atoms with van der Waals surface area (Å²) in [6.45, 7) is 11.8. The van der Waals surface area contributed by atoms with E-state index in [1.807, 2.05) is 67.9 Å². The summed E-state index contributed by atoms with van der Waals surface area (Å²) >= 11 is 0. The van der Waals surface area contributed by atoms with Crippen LogP contribution in [-0.4, -0.2) is 25.7 Å². The predicted octanol–water partition coefficient (Wildman–Crippen LogP) is 5.33. The summed E-state index contributed by atoms with van der Waals surface area (Å²) in [4.78, 5) is 23.9. The Morgan fingerprint density at radius 3 is 2.54 bits per heavy atom. The first-order valence-corrected chi connectivity index (χ1v) is 12.4. The number of hydrogen-bond donors (Lipinski definition) is 1. The van der Waals surface area contributed by atoms with E-state index in [1.165, 1.54) is 0 Å². The van der Waals surface area contributed by atoms with Gasteiger partial charge in [-0.1, -0.05) is 24.3 Å². The van der Waals surface area contributed by atoms with E-state index >= 15 is 0 Å². The molecule has 3 heterocycles. The minimum Gasteiger partial charge on any atom is -0.322 e. The predicted molar refractivity (Wildman–Crippen MR) is 142 cm³/mol. The lowest BCUT2D eigenvalue weighted by Gasteiger charge is -2.19. The zero-order valence-corrected chi connectivity index (χ0v) is 21.1. The van der Waals surface area contributed by atoms with Crippen LogP contribution in [0.2, 0.25) is 0 Å². The number of nitrogens with zero attached hydrogens (tertiary/aromatic N) is 6. The second kappa shape index (κ2) is 8.36. The number of aromatic nitrogens is 4. The Morgan fingerprint density at radius 1 is 1.05 bits per heavy atom. The molecule has 1 amide bonds. The summed E-state index contributed by atoms with van der Waals surface area (Å²) in [7, 11) is 1.88. The third-order valence-corrected chi connectivity index (χ3v) is 7.16. The number of hydrogen-bond acceptors (Lipinski definition) is 5. The van der Waals surface area contributed by atoms with E-state index in [0.29, 0.717) is 35.4 Å². The smallest absolute Gasteiger partial charge is 0.260 e. The van der Waals surface area contributed by atoms with Gasteiger partial charge in [0.2, 0.25) is 0 Å². The van der Waals surface area contributed by atoms with E-state index in [-0.39, 0.29) is 5.91 Å². The Morgan fingerprint density at radius 2 is 1.86 bits per heavy atom. The van der Waals surface area contributed by atoms with Crippen LogP contribution in [0.5, 0.6) is 0 Å². The molecule has 0 saturated heterocycles. The van der Waals surface area contributed by atoms with Gasteiger partial charge in [0.05, 0.1) is 13.1 Å². The van der Waals surface area contributed by atoms with Gasteiger partial charge in [0.15, 0.2) is 11.5 Å². The normalized spacial score (nSPS) is 15.1. The van der Waals surface area contributed by atoms with Gasteiger partial charge in [-0.05, 0) is 73.2 Å². The minimum absolute atomic E-state index is 0.0654. The number of fused-ring (bicyclic) bond motifs is 1. The molecule has 2 N–H and O–H groups in total. The highest BCUT2D eigenvalue weighted by Crippen LogP contribution is 2.43. The Balaban J connectivity index is 1.47. The van der Waals surface area contributed by atoms with Crippen molar-refractivity contribution in [1.29, 1.82) is 0 Å². The SMILES string of the molecule is [C-]#[N+]c1ccc(-c2cc(C3CC3)nc(N3Cc4ccc(C(C)(C)N)cc4C3=O)c2)c(-c2nncn2C)c1. The minimum atomic E-state index is -0.534. The number of rotatable bonds is 5. The van der Waals surface area contributed by atoms with Gasteiger partial charge < -0.3 is 10.3 Å². The molecule has 4 aromatic rings. The maximum Gasteiger partial charge on any atom is 0.260 e. The molecule has 1 fully saturated rings. The number of anilines is 1. The van der Waals surface area contributed by atoms with Crippen molar-refractivity contribution in [3.05, 3.63) is 88.7 Å². The molecule has 2 aromatic carbocycles. The van der Waals surface area contributed by atoms with E-state index < -0.39 is 5.54 Å². The van der Waals surface area contributed by atoms with Crippen molar-refractivity contribution in [3.8, 4) is 22.5 Å². The van der Waals surface area contributed by atoms with Crippen LogP contribution in [0.1, 0.15) is 59.8 Å². The first-order chi connectivity index (χ1) is 17.7. The first kappa shape index (κ1) is 23.1. The van der Waals surface area contributed by atoms with E-state index in [0.717, 1.165) is 46.4 Å². The largest absolute Gasteiger partial charge is 0.322 e. The van der Waals surface area contributed by atoms with E-state index in [4.69, 9.17) is 17.3 Å². The van der Waals surface area contributed by atoms with Gasteiger partial charge in [-0.25, -0.2) is 9.83 Å². The molecule has 6 rings (SSSR count). The zero-order valence-electron chi connectivity index (χ0n) is 21.1. The molecule has 184 valence electrons. The van der Waals surface area contributed by atoms with Crippen molar-refractivity contribution in [1.82, 2.24) is 19.7 Å². The average molecular weight is 490 g/mol. The van der Waals surface area contributed by atoms with E-state index in [1.54, 1.807) is 11.2 Å². The topological polar surface area (TPSA) is 94.3 Å². The third kappa shape index (κ3) is 4.07. The number of nitrogens with two attached hydrogens (primary N) is 1. The molecule has 0 spiro atoms.